The lowest BCUT2D eigenvalue weighted by atomic mass is 9.94. The predicted octanol–water partition coefficient (Wildman–Crippen LogP) is 6.36. The van der Waals surface area contributed by atoms with Gasteiger partial charge >= 0.3 is 6.18 Å². The van der Waals surface area contributed by atoms with E-state index in [0.29, 0.717) is 0 Å². The van der Waals surface area contributed by atoms with Crippen molar-refractivity contribution in [2.24, 2.45) is 0 Å². The number of carbonyl (C=O) groups is 2. The first-order valence-electron chi connectivity index (χ1n) is 10.8. The van der Waals surface area contributed by atoms with Gasteiger partial charge in [0.05, 0.1) is 42.0 Å². The van der Waals surface area contributed by atoms with Gasteiger partial charge in [-0.25, -0.2) is 0 Å². The van der Waals surface area contributed by atoms with E-state index in [4.69, 9.17) is 32.7 Å². The minimum atomic E-state index is -4.62. The molecule has 3 aromatic rings. The molecule has 0 aliphatic carbocycles. The minimum Gasteiger partial charge on any atom is -0.508 e. The molecule has 0 aromatic heterocycles. The summed E-state index contributed by atoms with van der Waals surface area (Å²) < 4.78 is 49.8. The molecular formula is C26H18Cl2F3NO6. The van der Waals surface area contributed by atoms with Crippen molar-refractivity contribution >= 4 is 46.3 Å². The number of alkyl halides is 3. The third-order valence-electron chi connectivity index (χ3n) is 5.92. The number of phenolic OH excluding ortho intramolecular Hbond substituents is 1. The lowest BCUT2D eigenvalue weighted by molar-refractivity contribution is -0.137. The van der Waals surface area contributed by atoms with Gasteiger partial charge in [0.15, 0.2) is 11.5 Å². The second-order valence-electron chi connectivity index (χ2n) is 8.09. The Hall–Kier alpha value is -3.89. The number of Topliss-reactive ketones (excluding diaryl/α,β-unsaturated/α-hetero) is 1. The first-order chi connectivity index (χ1) is 17.9. The fraction of sp³-hybridized carbons (Fsp3) is 0.154. The molecule has 1 heterocycles. The van der Waals surface area contributed by atoms with E-state index < -0.39 is 40.8 Å². The Bertz CT molecular complexity index is 1450. The highest BCUT2D eigenvalue weighted by Gasteiger charge is 2.47. The fourth-order valence-corrected chi connectivity index (χ4v) is 4.86. The summed E-state index contributed by atoms with van der Waals surface area (Å²) in [6.45, 7) is 0. The van der Waals surface area contributed by atoms with Crippen LogP contribution < -0.4 is 14.4 Å². The van der Waals surface area contributed by atoms with Crippen LogP contribution in [-0.4, -0.2) is 36.1 Å². The van der Waals surface area contributed by atoms with Crippen LogP contribution in [-0.2, 0) is 15.8 Å². The number of carbonyl (C=O) groups excluding carboxylic acids is 2. The van der Waals surface area contributed by atoms with E-state index in [0.717, 1.165) is 29.2 Å². The van der Waals surface area contributed by atoms with Crippen LogP contribution in [0.15, 0.2) is 60.2 Å². The highest BCUT2D eigenvalue weighted by atomic mass is 35.5. The molecule has 2 N–H and O–H groups in total. The summed E-state index contributed by atoms with van der Waals surface area (Å²) >= 11 is 12.6. The number of anilines is 1. The predicted molar refractivity (Wildman–Crippen MR) is 134 cm³/mol. The second kappa shape index (κ2) is 10.1. The molecule has 198 valence electrons. The van der Waals surface area contributed by atoms with Crippen LogP contribution >= 0.6 is 23.2 Å². The van der Waals surface area contributed by atoms with Crippen molar-refractivity contribution in [2.75, 3.05) is 19.1 Å². The number of nitrogens with zero attached hydrogens (tertiary/aromatic N) is 1. The number of ketones is 1. The molecular weight excluding hydrogens is 550 g/mol. The van der Waals surface area contributed by atoms with Gasteiger partial charge in [-0.1, -0.05) is 35.3 Å². The van der Waals surface area contributed by atoms with E-state index >= 15 is 0 Å². The van der Waals surface area contributed by atoms with Crippen LogP contribution in [0.25, 0.3) is 5.76 Å². The number of halogens is 5. The van der Waals surface area contributed by atoms with Crippen molar-refractivity contribution in [3.05, 3.63) is 86.9 Å². The third kappa shape index (κ3) is 4.61. The third-order valence-corrected chi connectivity index (χ3v) is 6.54. The molecule has 0 bridgehead atoms. The zero-order valence-corrected chi connectivity index (χ0v) is 21.1. The van der Waals surface area contributed by atoms with E-state index in [1.807, 2.05) is 0 Å². The van der Waals surface area contributed by atoms with E-state index in [9.17, 15) is 33.0 Å². The van der Waals surface area contributed by atoms with Crippen LogP contribution in [0.4, 0.5) is 18.9 Å². The summed E-state index contributed by atoms with van der Waals surface area (Å²) in [5.74, 6) is -3.09. The summed E-state index contributed by atoms with van der Waals surface area (Å²) in [5.41, 5.74) is -1.25. The topological polar surface area (TPSA) is 96.3 Å². The molecule has 38 heavy (non-hydrogen) atoms. The Balaban J connectivity index is 1.98. The van der Waals surface area contributed by atoms with Crippen molar-refractivity contribution in [3.8, 4) is 17.2 Å². The van der Waals surface area contributed by atoms with Crippen molar-refractivity contribution in [3.63, 3.8) is 0 Å². The molecule has 1 aliphatic rings. The number of aliphatic hydroxyl groups excluding tert-OH is 1. The summed E-state index contributed by atoms with van der Waals surface area (Å²) in [6.07, 6.45) is -4.62. The van der Waals surface area contributed by atoms with Crippen molar-refractivity contribution in [2.45, 2.75) is 12.2 Å². The fourth-order valence-electron chi connectivity index (χ4n) is 4.17. The van der Waals surface area contributed by atoms with E-state index in [1.54, 1.807) is 0 Å². The van der Waals surface area contributed by atoms with E-state index in [1.165, 1.54) is 44.6 Å². The number of phenols is 1. The Morgan fingerprint density at radius 2 is 1.53 bits per heavy atom. The molecule has 7 nitrogen and oxygen atoms in total. The molecule has 3 aromatic carbocycles. The Morgan fingerprint density at radius 1 is 0.947 bits per heavy atom. The van der Waals surface area contributed by atoms with Crippen LogP contribution in [0.5, 0.6) is 17.2 Å². The minimum absolute atomic E-state index is 0.0296. The molecule has 4 rings (SSSR count). The van der Waals surface area contributed by atoms with Gasteiger partial charge in [-0.05, 0) is 48.0 Å². The first-order valence-corrected chi connectivity index (χ1v) is 11.5. The molecule has 1 atom stereocenters. The zero-order valence-electron chi connectivity index (χ0n) is 19.6. The van der Waals surface area contributed by atoms with Gasteiger partial charge in [0.25, 0.3) is 11.7 Å². The van der Waals surface area contributed by atoms with Gasteiger partial charge in [-0.2, -0.15) is 13.2 Å². The molecule has 0 spiro atoms. The number of ether oxygens (including phenoxy) is 2. The average Bonchev–Trinajstić information content (AvgIpc) is 3.13. The molecule has 12 heteroatoms. The van der Waals surface area contributed by atoms with Crippen LogP contribution in [0, 0.1) is 0 Å². The molecule has 1 aliphatic heterocycles. The number of methoxy groups -OCH3 is 2. The lowest BCUT2D eigenvalue weighted by Crippen LogP contribution is -2.29. The largest absolute Gasteiger partial charge is 0.508 e. The quantitative estimate of drug-likeness (QED) is 0.211. The smallest absolute Gasteiger partial charge is 0.416 e. The van der Waals surface area contributed by atoms with Gasteiger partial charge in [0.2, 0.25) is 0 Å². The molecule has 1 fully saturated rings. The number of aromatic hydroxyl groups is 1. The number of hydrogen-bond donors (Lipinski definition) is 2. The van der Waals surface area contributed by atoms with Crippen molar-refractivity contribution < 1.29 is 42.4 Å². The summed E-state index contributed by atoms with van der Waals surface area (Å²) in [5, 5.41) is 21.0. The van der Waals surface area contributed by atoms with Gasteiger partial charge in [-0.15, -0.1) is 0 Å². The summed E-state index contributed by atoms with van der Waals surface area (Å²) in [7, 11) is 2.57. The van der Waals surface area contributed by atoms with Crippen molar-refractivity contribution in [1.82, 2.24) is 0 Å². The molecule has 1 unspecified atom stereocenters. The normalized spacial score (nSPS) is 17.1. The number of hydrogen-bond acceptors (Lipinski definition) is 6. The maximum absolute atomic E-state index is 13.3. The van der Waals surface area contributed by atoms with E-state index in [2.05, 4.69) is 0 Å². The second-order valence-corrected chi connectivity index (χ2v) is 8.88. The Labute approximate surface area is 224 Å². The standard InChI is InChI=1S/C26H18Cl2F3NO6/c1-37-23-16(11-17(27)24(38-2)19(23)28)21(34)18-20(12-3-9-15(33)10-4-12)32(25(36)22(18)35)14-7-5-13(6-8-14)26(29,30)31/h3-11,20,33-34H,1-2H3/b21-18+. The van der Waals surface area contributed by atoms with Gasteiger partial charge < -0.3 is 19.7 Å². The maximum atomic E-state index is 13.3. The first kappa shape index (κ1) is 27.2. The Morgan fingerprint density at radius 3 is 2.05 bits per heavy atom. The van der Waals surface area contributed by atoms with Crippen LogP contribution in [0.1, 0.15) is 22.7 Å². The Kier molecular flexibility index (Phi) is 7.22. The van der Waals surface area contributed by atoms with Gasteiger partial charge in [0, 0.05) is 5.69 Å². The molecule has 1 amide bonds. The van der Waals surface area contributed by atoms with Gasteiger partial charge in [-0.3, -0.25) is 14.5 Å². The monoisotopic (exact) mass is 567 g/mol. The average molecular weight is 568 g/mol. The molecule has 0 radical (unpaired) electrons. The highest BCUT2D eigenvalue weighted by Crippen LogP contribution is 2.48. The van der Waals surface area contributed by atoms with Gasteiger partial charge in [0.1, 0.15) is 16.5 Å². The number of amides is 1. The van der Waals surface area contributed by atoms with Crippen LogP contribution in [0.3, 0.4) is 0 Å². The van der Waals surface area contributed by atoms with Crippen LogP contribution in [0.2, 0.25) is 10.0 Å². The summed E-state index contributed by atoms with van der Waals surface area (Å²) in [4.78, 5) is 27.5. The molecule has 0 saturated carbocycles. The molecule has 1 saturated heterocycles. The highest BCUT2D eigenvalue weighted by molar-refractivity contribution is 6.52. The summed E-state index contributed by atoms with van der Waals surface area (Å²) in [6, 6.07) is 8.98. The van der Waals surface area contributed by atoms with E-state index in [-0.39, 0.29) is 44.1 Å². The number of benzene rings is 3. The SMILES string of the molecule is COc1c(Cl)cc(/C(O)=C2\C(=O)C(=O)N(c3ccc(C(F)(F)F)cc3)C2c2ccc(O)cc2)c(OC)c1Cl. The van der Waals surface area contributed by atoms with Crippen molar-refractivity contribution in [1.29, 1.82) is 0 Å². The zero-order chi connectivity index (χ0) is 27.9. The number of rotatable bonds is 5. The lowest BCUT2D eigenvalue weighted by Gasteiger charge is -2.26. The number of aliphatic hydroxyl groups is 1. The maximum Gasteiger partial charge on any atom is 0.416 e.